The fourth-order valence-electron chi connectivity index (χ4n) is 1.85. The number of benzene rings is 1. The lowest BCUT2D eigenvalue weighted by Crippen LogP contribution is -2.29. The van der Waals surface area contributed by atoms with Gasteiger partial charge in [-0.15, -0.1) is 0 Å². The first-order valence-corrected chi connectivity index (χ1v) is 5.18. The van der Waals surface area contributed by atoms with Gasteiger partial charge in [0.1, 0.15) is 12.4 Å². The minimum absolute atomic E-state index is 0.192. The first-order chi connectivity index (χ1) is 8.11. The largest absolute Gasteiger partial charge is 0.492 e. The van der Waals surface area contributed by atoms with E-state index in [1.54, 1.807) is 6.07 Å². The number of fused-ring (bicyclic) bond motifs is 1. The lowest BCUT2D eigenvalue weighted by atomic mass is 9.95. The van der Waals surface area contributed by atoms with Crippen LogP contribution >= 0.6 is 0 Å². The summed E-state index contributed by atoms with van der Waals surface area (Å²) in [4.78, 5) is 22.2. The van der Waals surface area contributed by atoms with E-state index in [-0.39, 0.29) is 24.1 Å². The van der Waals surface area contributed by atoms with Crippen molar-refractivity contribution in [1.82, 2.24) is 0 Å². The number of methoxy groups -OCH3 is 1. The number of carbonyl (C=O) groups is 2. The SMILES string of the molecule is COC(=O)C1COc2ccc(C(=O)O)cc2C1. The molecule has 0 saturated carbocycles. The third-order valence-corrected chi connectivity index (χ3v) is 2.75. The highest BCUT2D eigenvalue weighted by Crippen LogP contribution is 2.28. The summed E-state index contributed by atoms with van der Waals surface area (Å²) in [6.45, 7) is 0.270. The topological polar surface area (TPSA) is 72.8 Å². The summed E-state index contributed by atoms with van der Waals surface area (Å²) in [6.07, 6.45) is 0.448. The zero-order chi connectivity index (χ0) is 12.4. The van der Waals surface area contributed by atoms with Crippen LogP contribution in [0.25, 0.3) is 0 Å². The molecule has 1 aliphatic heterocycles. The first kappa shape index (κ1) is 11.4. The number of carbonyl (C=O) groups excluding carboxylic acids is 1. The summed E-state index contributed by atoms with van der Waals surface area (Å²) in [6, 6.07) is 4.64. The Bertz CT molecular complexity index is 466. The number of esters is 1. The van der Waals surface area contributed by atoms with Gasteiger partial charge in [0, 0.05) is 0 Å². The predicted octanol–water partition coefficient (Wildman–Crippen LogP) is 1.11. The summed E-state index contributed by atoms with van der Waals surface area (Å²) in [5, 5.41) is 8.88. The maximum atomic E-state index is 11.4. The molecule has 90 valence electrons. The van der Waals surface area contributed by atoms with Crippen molar-refractivity contribution in [1.29, 1.82) is 0 Å². The van der Waals surface area contributed by atoms with Gasteiger partial charge in [0.2, 0.25) is 0 Å². The Morgan fingerprint density at radius 1 is 1.47 bits per heavy atom. The number of aromatic carboxylic acids is 1. The molecule has 0 bridgehead atoms. The van der Waals surface area contributed by atoms with Gasteiger partial charge in [-0.05, 0) is 30.2 Å². The van der Waals surface area contributed by atoms with Gasteiger partial charge >= 0.3 is 11.9 Å². The molecule has 0 spiro atoms. The highest BCUT2D eigenvalue weighted by Gasteiger charge is 2.27. The van der Waals surface area contributed by atoms with Crippen molar-refractivity contribution < 1.29 is 24.2 Å². The lowest BCUT2D eigenvalue weighted by molar-refractivity contribution is -0.146. The van der Waals surface area contributed by atoms with E-state index in [9.17, 15) is 9.59 Å². The summed E-state index contributed by atoms with van der Waals surface area (Å²) in [5.41, 5.74) is 0.921. The molecule has 0 radical (unpaired) electrons. The lowest BCUT2D eigenvalue weighted by Gasteiger charge is -2.23. The van der Waals surface area contributed by atoms with Crippen LogP contribution in [0.3, 0.4) is 0 Å². The fourth-order valence-corrected chi connectivity index (χ4v) is 1.85. The second-order valence-corrected chi connectivity index (χ2v) is 3.86. The van der Waals surface area contributed by atoms with E-state index >= 15 is 0 Å². The number of ether oxygens (including phenoxy) is 2. The molecule has 17 heavy (non-hydrogen) atoms. The average molecular weight is 236 g/mol. The Morgan fingerprint density at radius 2 is 2.24 bits per heavy atom. The second kappa shape index (κ2) is 4.45. The summed E-state index contributed by atoms with van der Waals surface area (Å²) in [7, 11) is 1.32. The summed E-state index contributed by atoms with van der Waals surface area (Å²) < 4.78 is 10.0. The molecular weight excluding hydrogens is 224 g/mol. The average Bonchev–Trinajstić information content (AvgIpc) is 2.36. The van der Waals surface area contributed by atoms with Crippen LogP contribution in [-0.2, 0) is 16.0 Å². The van der Waals surface area contributed by atoms with Gasteiger partial charge in [-0.2, -0.15) is 0 Å². The zero-order valence-corrected chi connectivity index (χ0v) is 9.30. The normalized spacial score (nSPS) is 17.8. The molecule has 1 N–H and O–H groups in total. The van der Waals surface area contributed by atoms with Crippen LogP contribution < -0.4 is 4.74 Å². The third kappa shape index (κ3) is 2.22. The number of hydrogen-bond donors (Lipinski definition) is 1. The van der Waals surface area contributed by atoms with Crippen molar-refractivity contribution in [2.24, 2.45) is 5.92 Å². The van der Waals surface area contributed by atoms with Crippen molar-refractivity contribution in [3.8, 4) is 5.75 Å². The number of carboxylic acids is 1. The van der Waals surface area contributed by atoms with E-state index in [1.807, 2.05) is 0 Å². The number of hydrogen-bond acceptors (Lipinski definition) is 4. The van der Waals surface area contributed by atoms with E-state index < -0.39 is 5.97 Å². The summed E-state index contributed by atoms with van der Waals surface area (Å²) in [5.74, 6) is -1.06. The van der Waals surface area contributed by atoms with Gasteiger partial charge in [-0.25, -0.2) is 4.79 Å². The van der Waals surface area contributed by atoms with Crippen LogP contribution in [0.2, 0.25) is 0 Å². The van der Waals surface area contributed by atoms with Crippen molar-refractivity contribution in [2.45, 2.75) is 6.42 Å². The zero-order valence-electron chi connectivity index (χ0n) is 9.30. The van der Waals surface area contributed by atoms with Crippen molar-refractivity contribution in [3.05, 3.63) is 29.3 Å². The van der Waals surface area contributed by atoms with Crippen LogP contribution in [0.1, 0.15) is 15.9 Å². The van der Waals surface area contributed by atoms with Crippen LogP contribution in [0.15, 0.2) is 18.2 Å². The standard InChI is InChI=1S/C12H12O5/c1-16-12(15)9-5-8-4-7(11(13)14)2-3-10(8)17-6-9/h2-4,9H,5-6H2,1H3,(H,13,14). The monoisotopic (exact) mass is 236 g/mol. The molecule has 1 aromatic carbocycles. The highest BCUT2D eigenvalue weighted by atomic mass is 16.5. The molecule has 0 fully saturated rings. The number of rotatable bonds is 2. The molecule has 1 aliphatic rings. The van der Waals surface area contributed by atoms with Gasteiger partial charge in [0.15, 0.2) is 0 Å². The van der Waals surface area contributed by atoms with Crippen molar-refractivity contribution in [2.75, 3.05) is 13.7 Å². The Balaban J connectivity index is 2.26. The first-order valence-electron chi connectivity index (χ1n) is 5.18. The van der Waals surface area contributed by atoms with Gasteiger partial charge in [-0.3, -0.25) is 4.79 Å². The van der Waals surface area contributed by atoms with E-state index in [1.165, 1.54) is 19.2 Å². The molecule has 0 saturated heterocycles. The smallest absolute Gasteiger partial charge is 0.335 e. The predicted molar refractivity (Wildman–Crippen MR) is 58.1 cm³/mol. The molecule has 1 atom stereocenters. The van der Waals surface area contributed by atoms with Crippen molar-refractivity contribution >= 4 is 11.9 Å². The summed E-state index contributed by atoms with van der Waals surface area (Å²) >= 11 is 0. The third-order valence-electron chi connectivity index (χ3n) is 2.75. The van der Waals surface area contributed by atoms with Gasteiger partial charge in [-0.1, -0.05) is 0 Å². The highest BCUT2D eigenvalue weighted by molar-refractivity contribution is 5.88. The van der Waals surface area contributed by atoms with Crippen LogP contribution in [0.4, 0.5) is 0 Å². The Morgan fingerprint density at radius 3 is 2.88 bits per heavy atom. The molecule has 0 aromatic heterocycles. The second-order valence-electron chi connectivity index (χ2n) is 3.86. The molecule has 1 unspecified atom stereocenters. The van der Waals surface area contributed by atoms with Crippen molar-refractivity contribution in [3.63, 3.8) is 0 Å². The molecule has 2 rings (SSSR count). The maximum absolute atomic E-state index is 11.4. The Hall–Kier alpha value is -2.04. The molecular formula is C12H12O5. The van der Waals surface area contributed by atoms with E-state index in [0.29, 0.717) is 12.2 Å². The quantitative estimate of drug-likeness (QED) is 0.778. The maximum Gasteiger partial charge on any atom is 0.335 e. The van der Waals surface area contributed by atoms with Gasteiger partial charge in [0.25, 0.3) is 0 Å². The fraction of sp³-hybridized carbons (Fsp3) is 0.333. The minimum atomic E-state index is -0.993. The molecule has 5 nitrogen and oxygen atoms in total. The minimum Gasteiger partial charge on any atom is -0.492 e. The molecule has 0 aliphatic carbocycles. The van der Waals surface area contributed by atoms with E-state index in [0.717, 1.165) is 5.56 Å². The van der Waals surface area contributed by atoms with Crippen LogP contribution in [0, 0.1) is 5.92 Å². The Kier molecular flexibility index (Phi) is 2.99. The molecule has 1 aromatic rings. The van der Waals surface area contributed by atoms with Gasteiger partial charge < -0.3 is 14.6 Å². The molecule has 1 heterocycles. The van der Waals surface area contributed by atoms with E-state index in [2.05, 4.69) is 4.74 Å². The van der Waals surface area contributed by atoms with Gasteiger partial charge in [0.05, 0.1) is 18.6 Å². The molecule has 5 heteroatoms. The van der Waals surface area contributed by atoms with Crippen LogP contribution in [-0.4, -0.2) is 30.8 Å². The molecule has 0 amide bonds. The van der Waals surface area contributed by atoms with E-state index in [4.69, 9.17) is 9.84 Å². The Labute approximate surface area is 98.0 Å². The van der Waals surface area contributed by atoms with Crippen LogP contribution in [0.5, 0.6) is 5.75 Å². The number of carboxylic acid groups (broad SMARTS) is 1.